The largest absolute Gasteiger partial charge is 0.421 e. The fraction of sp³-hybridized carbons (Fsp3) is 0.682. The van der Waals surface area contributed by atoms with Gasteiger partial charge in [0, 0.05) is 38.8 Å². The molecule has 1 aromatic heterocycles. The van der Waals surface area contributed by atoms with Gasteiger partial charge in [-0.2, -0.15) is 0 Å². The number of amidine groups is 1. The Morgan fingerprint density at radius 3 is 2.41 bits per heavy atom. The number of imide groups is 1. The SMILES string of the molecule is Cc1nn(C2=[N+](CC(C)C)C3C(=O)N(CCN4CCOCC4)C(=O)N(C)C3=N2)c(C)c1C. The molecule has 0 spiro atoms. The number of aryl methyl sites for hydroxylation is 1. The van der Waals surface area contributed by atoms with E-state index in [1.54, 1.807) is 7.05 Å². The van der Waals surface area contributed by atoms with Crippen LogP contribution >= 0.6 is 0 Å². The number of hydrogen-bond donors (Lipinski definition) is 0. The van der Waals surface area contributed by atoms with Gasteiger partial charge in [-0.05, 0) is 26.7 Å². The molecule has 0 aromatic carbocycles. The van der Waals surface area contributed by atoms with Crippen LogP contribution in [-0.4, -0.2) is 112 Å². The number of hydrogen-bond acceptors (Lipinski definition) is 6. The predicted octanol–water partition coefficient (Wildman–Crippen LogP) is 0.688. The highest BCUT2D eigenvalue weighted by Gasteiger charge is 2.53. The van der Waals surface area contributed by atoms with Gasteiger partial charge in [0.15, 0.2) is 0 Å². The summed E-state index contributed by atoms with van der Waals surface area (Å²) in [6.45, 7) is 14.9. The molecule has 10 nitrogen and oxygen atoms in total. The Morgan fingerprint density at radius 1 is 1.12 bits per heavy atom. The van der Waals surface area contributed by atoms with Gasteiger partial charge in [-0.25, -0.2) is 9.37 Å². The van der Waals surface area contributed by atoms with E-state index >= 15 is 0 Å². The maximum absolute atomic E-state index is 13.6. The highest BCUT2D eigenvalue weighted by Crippen LogP contribution is 2.23. The van der Waals surface area contributed by atoms with E-state index in [1.807, 2.05) is 30.0 Å². The molecule has 174 valence electrons. The molecule has 1 aromatic rings. The van der Waals surface area contributed by atoms with Crippen molar-refractivity contribution in [1.82, 2.24) is 24.5 Å². The van der Waals surface area contributed by atoms with Crippen LogP contribution in [0.15, 0.2) is 4.99 Å². The van der Waals surface area contributed by atoms with E-state index in [9.17, 15) is 9.59 Å². The van der Waals surface area contributed by atoms with Crippen LogP contribution < -0.4 is 0 Å². The summed E-state index contributed by atoms with van der Waals surface area (Å²) in [4.78, 5) is 36.6. The average Bonchev–Trinajstić information content (AvgIpc) is 3.25. The third kappa shape index (κ3) is 3.86. The van der Waals surface area contributed by atoms with Crippen molar-refractivity contribution in [2.24, 2.45) is 10.9 Å². The molecule has 1 atom stereocenters. The summed E-state index contributed by atoms with van der Waals surface area (Å²) < 4.78 is 9.21. The van der Waals surface area contributed by atoms with Crippen molar-refractivity contribution in [3.05, 3.63) is 17.0 Å². The first-order valence-corrected chi connectivity index (χ1v) is 11.3. The highest BCUT2D eigenvalue weighted by molar-refractivity contribution is 6.23. The number of carbonyl (C=O) groups is 2. The first kappa shape index (κ1) is 22.6. The van der Waals surface area contributed by atoms with Gasteiger partial charge >= 0.3 is 12.0 Å². The van der Waals surface area contributed by atoms with Crippen molar-refractivity contribution in [2.75, 3.05) is 53.0 Å². The summed E-state index contributed by atoms with van der Waals surface area (Å²) in [7, 11) is 1.70. The maximum atomic E-state index is 13.6. The van der Waals surface area contributed by atoms with E-state index < -0.39 is 6.04 Å². The normalized spacial score (nSPS) is 22.3. The molecule has 32 heavy (non-hydrogen) atoms. The molecule has 2 saturated heterocycles. The molecule has 0 aliphatic carbocycles. The van der Waals surface area contributed by atoms with Crippen LogP contribution in [0.2, 0.25) is 0 Å². The van der Waals surface area contributed by atoms with E-state index in [-0.39, 0.29) is 11.9 Å². The fourth-order valence-electron chi connectivity index (χ4n) is 4.44. The maximum Gasteiger partial charge on any atom is 0.421 e. The molecule has 2 fully saturated rings. The lowest BCUT2D eigenvalue weighted by molar-refractivity contribution is -0.543. The molecular formula is C22H34N7O3+. The molecule has 0 saturated carbocycles. The van der Waals surface area contributed by atoms with E-state index in [0.29, 0.717) is 50.6 Å². The van der Waals surface area contributed by atoms with Gasteiger partial charge in [0.2, 0.25) is 11.9 Å². The minimum Gasteiger partial charge on any atom is -0.379 e. The second-order valence-corrected chi connectivity index (χ2v) is 9.21. The van der Waals surface area contributed by atoms with E-state index in [2.05, 4.69) is 23.8 Å². The zero-order valence-corrected chi connectivity index (χ0v) is 20.0. The van der Waals surface area contributed by atoms with Crippen LogP contribution in [0.3, 0.4) is 0 Å². The standard InChI is InChI=1S/C22H34N7O3/c1-14(2)13-28-18-19(23-21(28)29-17(5)15(3)16(4)24-29)25(6)22(31)27(20(18)30)8-7-26-9-11-32-12-10-26/h14,18H,7-13H2,1-6H3/q+1. The third-order valence-electron chi connectivity index (χ3n) is 6.54. The molecule has 0 bridgehead atoms. The Kier molecular flexibility index (Phi) is 6.17. The summed E-state index contributed by atoms with van der Waals surface area (Å²) in [6.07, 6.45) is 0. The molecule has 1 unspecified atom stereocenters. The molecule has 4 rings (SSSR count). The number of urea groups is 1. The van der Waals surface area contributed by atoms with Crippen molar-refractivity contribution < 1.29 is 18.9 Å². The Balaban J connectivity index is 1.68. The highest BCUT2D eigenvalue weighted by atomic mass is 16.5. The molecule has 3 aliphatic rings. The number of fused-ring (bicyclic) bond motifs is 1. The van der Waals surface area contributed by atoms with Crippen LogP contribution in [0.1, 0.15) is 30.8 Å². The summed E-state index contributed by atoms with van der Waals surface area (Å²) in [6, 6.07) is -0.947. The molecule has 4 heterocycles. The summed E-state index contributed by atoms with van der Waals surface area (Å²) >= 11 is 0. The number of ether oxygens (including phenoxy) is 1. The van der Waals surface area contributed by atoms with Crippen molar-refractivity contribution in [1.29, 1.82) is 0 Å². The molecule has 0 N–H and O–H groups in total. The predicted molar refractivity (Wildman–Crippen MR) is 120 cm³/mol. The van der Waals surface area contributed by atoms with Gasteiger partial charge in [-0.1, -0.05) is 18.8 Å². The second-order valence-electron chi connectivity index (χ2n) is 9.21. The van der Waals surface area contributed by atoms with Crippen LogP contribution in [0.5, 0.6) is 0 Å². The van der Waals surface area contributed by atoms with E-state index in [0.717, 1.165) is 30.0 Å². The van der Waals surface area contributed by atoms with Crippen LogP contribution in [0.25, 0.3) is 0 Å². The topological polar surface area (TPSA) is 86.3 Å². The summed E-state index contributed by atoms with van der Waals surface area (Å²) in [5.74, 6) is 1.17. The average molecular weight is 445 g/mol. The Hall–Kier alpha value is -2.59. The van der Waals surface area contributed by atoms with E-state index in [1.165, 1.54) is 9.80 Å². The first-order chi connectivity index (χ1) is 15.2. The van der Waals surface area contributed by atoms with Gasteiger partial charge in [0.05, 0.1) is 25.5 Å². The quantitative estimate of drug-likeness (QED) is 0.624. The second kappa shape index (κ2) is 8.74. The Labute approximate surface area is 189 Å². The third-order valence-corrected chi connectivity index (χ3v) is 6.54. The fourth-order valence-corrected chi connectivity index (χ4v) is 4.44. The number of amides is 3. The van der Waals surface area contributed by atoms with Crippen molar-refractivity contribution in [3.63, 3.8) is 0 Å². The van der Waals surface area contributed by atoms with Crippen molar-refractivity contribution in [3.8, 4) is 0 Å². The molecule has 10 heteroatoms. The molecular weight excluding hydrogens is 410 g/mol. The first-order valence-electron chi connectivity index (χ1n) is 11.3. The smallest absolute Gasteiger partial charge is 0.379 e. The van der Waals surface area contributed by atoms with Crippen molar-refractivity contribution in [2.45, 2.75) is 40.7 Å². The van der Waals surface area contributed by atoms with Crippen LogP contribution in [0.4, 0.5) is 4.79 Å². The van der Waals surface area contributed by atoms with Crippen LogP contribution in [0, 0.1) is 26.7 Å². The zero-order chi connectivity index (χ0) is 23.2. The minimum absolute atomic E-state index is 0.214. The van der Waals surface area contributed by atoms with Gasteiger partial charge in [0.25, 0.3) is 5.91 Å². The Bertz CT molecular complexity index is 988. The number of nitrogens with zero attached hydrogens (tertiary/aromatic N) is 7. The minimum atomic E-state index is -0.621. The van der Waals surface area contributed by atoms with E-state index in [4.69, 9.17) is 9.73 Å². The monoisotopic (exact) mass is 444 g/mol. The lowest BCUT2D eigenvalue weighted by Gasteiger charge is -2.36. The number of aliphatic imine (C=N–C) groups is 1. The molecule has 3 aliphatic heterocycles. The lowest BCUT2D eigenvalue weighted by Crippen LogP contribution is -2.64. The summed E-state index contributed by atoms with van der Waals surface area (Å²) in [5, 5.41) is 4.68. The van der Waals surface area contributed by atoms with Gasteiger partial charge in [0.1, 0.15) is 5.69 Å². The number of carbonyl (C=O) groups excluding carboxylic acids is 2. The zero-order valence-electron chi connectivity index (χ0n) is 20.0. The van der Waals surface area contributed by atoms with Crippen LogP contribution in [-0.2, 0) is 9.53 Å². The number of morpholine rings is 1. The number of likely N-dealkylation sites (N-methyl/N-ethyl adjacent to an activating group) is 1. The van der Waals surface area contributed by atoms with Gasteiger partial charge in [-0.3, -0.25) is 19.5 Å². The number of rotatable bonds is 5. The number of aromatic nitrogens is 2. The van der Waals surface area contributed by atoms with Gasteiger partial charge in [-0.15, -0.1) is 9.78 Å². The summed E-state index contributed by atoms with van der Waals surface area (Å²) in [5.41, 5.74) is 3.01. The van der Waals surface area contributed by atoms with Crippen molar-refractivity contribution >= 4 is 23.7 Å². The molecule has 0 radical (unpaired) electrons. The molecule has 3 amide bonds. The lowest BCUT2D eigenvalue weighted by atomic mass is 10.1. The van der Waals surface area contributed by atoms with Gasteiger partial charge < -0.3 is 4.74 Å². The Morgan fingerprint density at radius 2 is 1.81 bits per heavy atom.